The third kappa shape index (κ3) is 4.56. The number of methoxy groups -OCH3 is 1. The van der Waals surface area contributed by atoms with E-state index >= 15 is 0 Å². The van der Waals surface area contributed by atoms with Crippen molar-refractivity contribution in [2.24, 2.45) is 5.92 Å². The van der Waals surface area contributed by atoms with Crippen molar-refractivity contribution in [3.63, 3.8) is 0 Å². The summed E-state index contributed by atoms with van der Waals surface area (Å²) in [5.74, 6) is -0.654. The molecule has 136 valence electrons. The van der Waals surface area contributed by atoms with Crippen molar-refractivity contribution < 1.29 is 19.2 Å². The third-order valence-corrected chi connectivity index (χ3v) is 3.57. The van der Waals surface area contributed by atoms with Crippen LogP contribution in [0.2, 0.25) is 0 Å². The molecule has 0 aliphatic rings. The molecule has 2 N–H and O–H groups in total. The van der Waals surface area contributed by atoms with Crippen LogP contribution in [0.3, 0.4) is 0 Å². The Morgan fingerprint density at radius 1 is 1.04 bits per heavy atom. The van der Waals surface area contributed by atoms with E-state index in [9.17, 15) is 19.7 Å². The molecule has 0 spiro atoms. The van der Waals surface area contributed by atoms with Crippen molar-refractivity contribution in [2.75, 3.05) is 17.7 Å². The van der Waals surface area contributed by atoms with Gasteiger partial charge in [-0.25, -0.2) is 0 Å². The standard InChI is InChI=1S/C18H19N3O5/c1-11(2)17(22)19-13-5-7-14(8-6-13)20-18(23)12-4-9-16(26-3)15(10-12)21(24)25/h4-11H,1-3H3,(H,19,22)(H,20,23). The second-order valence-corrected chi connectivity index (χ2v) is 5.82. The summed E-state index contributed by atoms with van der Waals surface area (Å²) in [5.41, 5.74) is 0.958. The molecule has 0 unspecified atom stereocenters. The number of nitro benzene ring substituents is 1. The summed E-state index contributed by atoms with van der Waals surface area (Å²) >= 11 is 0. The molecular formula is C18H19N3O5. The van der Waals surface area contributed by atoms with E-state index in [0.29, 0.717) is 11.4 Å². The maximum atomic E-state index is 12.3. The molecule has 0 saturated heterocycles. The second kappa shape index (κ2) is 8.11. The Labute approximate surface area is 150 Å². The summed E-state index contributed by atoms with van der Waals surface area (Å²) in [5, 5.41) is 16.4. The molecule has 2 aromatic rings. The Kier molecular flexibility index (Phi) is 5.90. The van der Waals surface area contributed by atoms with Crippen LogP contribution in [0, 0.1) is 16.0 Å². The number of hydrogen-bond acceptors (Lipinski definition) is 5. The highest BCUT2D eigenvalue weighted by molar-refractivity contribution is 6.05. The van der Waals surface area contributed by atoms with Gasteiger partial charge < -0.3 is 15.4 Å². The number of rotatable bonds is 6. The predicted molar refractivity (Wildman–Crippen MR) is 97.5 cm³/mol. The molecular weight excluding hydrogens is 338 g/mol. The van der Waals surface area contributed by atoms with Crippen LogP contribution in [-0.2, 0) is 4.79 Å². The van der Waals surface area contributed by atoms with Gasteiger partial charge in [0.25, 0.3) is 5.91 Å². The first-order valence-corrected chi connectivity index (χ1v) is 7.86. The molecule has 0 aromatic heterocycles. The van der Waals surface area contributed by atoms with Gasteiger partial charge in [0, 0.05) is 28.9 Å². The van der Waals surface area contributed by atoms with Gasteiger partial charge in [-0.1, -0.05) is 13.8 Å². The number of anilines is 2. The van der Waals surface area contributed by atoms with Gasteiger partial charge in [-0.15, -0.1) is 0 Å². The van der Waals surface area contributed by atoms with Gasteiger partial charge in [0.2, 0.25) is 5.91 Å². The average molecular weight is 357 g/mol. The third-order valence-electron chi connectivity index (χ3n) is 3.57. The minimum absolute atomic E-state index is 0.0804. The number of nitro groups is 1. The van der Waals surface area contributed by atoms with E-state index in [2.05, 4.69) is 10.6 Å². The molecule has 2 rings (SSSR count). The van der Waals surface area contributed by atoms with Crippen molar-refractivity contribution in [2.45, 2.75) is 13.8 Å². The Morgan fingerprint density at radius 3 is 2.12 bits per heavy atom. The van der Waals surface area contributed by atoms with E-state index in [0.717, 1.165) is 6.07 Å². The van der Waals surface area contributed by atoms with Gasteiger partial charge in [-0.3, -0.25) is 19.7 Å². The Morgan fingerprint density at radius 2 is 1.62 bits per heavy atom. The summed E-state index contributed by atoms with van der Waals surface area (Å²) in [7, 11) is 1.32. The SMILES string of the molecule is COc1ccc(C(=O)Nc2ccc(NC(=O)C(C)C)cc2)cc1[N+](=O)[O-]. The van der Waals surface area contributed by atoms with Gasteiger partial charge in [-0.05, 0) is 36.4 Å². The Bertz CT molecular complexity index is 831. The monoisotopic (exact) mass is 357 g/mol. The van der Waals surface area contributed by atoms with E-state index in [1.54, 1.807) is 38.1 Å². The maximum absolute atomic E-state index is 12.3. The van der Waals surface area contributed by atoms with Crippen LogP contribution in [0.5, 0.6) is 5.75 Å². The Balaban J connectivity index is 2.11. The van der Waals surface area contributed by atoms with Crippen LogP contribution in [0.1, 0.15) is 24.2 Å². The molecule has 2 amide bonds. The molecule has 0 atom stereocenters. The molecule has 0 saturated carbocycles. The lowest BCUT2D eigenvalue weighted by Gasteiger charge is -2.10. The topological polar surface area (TPSA) is 111 Å². The Hall–Kier alpha value is -3.42. The molecule has 2 aromatic carbocycles. The van der Waals surface area contributed by atoms with Crippen molar-refractivity contribution in [1.82, 2.24) is 0 Å². The number of ether oxygens (including phenoxy) is 1. The summed E-state index contributed by atoms with van der Waals surface area (Å²) in [6.45, 7) is 3.58. The van der Waals surface area contributed by atoms with E-state index in [1.807, 2.05) is 0 Å². The van der Waals surface area contributed by atoms with Crippen LogP contribution >= 0.6 is 0 Å². The van der Waals surface area contributed by atoms with E-state index in [1.165, 1.54) is 19.2 Å². The smallest absolute Gasteiger partial charge is 0.311 e. The number of benzene rings is 2. The zero-order valence-electron chi connectivity index (χ0n) is 14.6. The summed E-state index contributed by atoms with van der Waals surface area (Å²) in [6.07, 6.45) is 0. The van der Waals surface area contributed by atoms with Crippen LogP contribution in [0.25, 0.3) is 0 Å². The zero-order valence-corrected chi connectivity index (χ0v) is 14.6. The molecule has 26 heavy (non-hydrogen) atoms. The minimum atomic E-state index is -0.609. The van der Waals surface area contributed by atoms with Crippen molar-refractivity contribution in [3.05, 3.63) is 58.1 Å². The molecule has 0 aliphatic heterocycles. The fourth-order valence-electron chi connectivity index (χ4n) is 2.10. The fraction of sp³-hybridized carbons (Fsp3) is 0.222. The summed E-state index contributed by atoms with van der Waals surface area (Å²) in [6, 6.07) is 10.6. The molecule has 8 heteroatoms. The summed E-state index contributed by atoms with van der Waals surface area (Å²) in [4.78, 5) is 34.4. The number of nitrogens with one attached hydrogen (secondary N) is 2. The van der Waals surface area contributed by atoms with Crippen molar-refractivity contribution >= 4 is 28.9 Å². The quantitative estimate of drug-likeness (QED) is 0.608. The maximum Gasteiger partial charge on any atom is 0.311 e. The highest BCUT2D eigenvalue weighted by atomic mass is 16.6. The number of amides is 2. The summed E-state index contributed by atoms with van der Waals surface area (Å²) < 4.78 is 4.91. The lowest BCUT2D eigenvalue weighted by Crippen LogP contribution is -2.17. The fourth-order valence-corrected chi connectivity index (χ4v) is 2.10. The largest absolute Gasteiger partial charge is 0.490 e. The zero-order chi connectivity index (χ0) is 19.3. The first kappa shape index (κ1) is 18.9. The first-order chi connectivity index (χ1) is 12.3. The van der Waals surface area contributed by atoms with E-state index < -0.39 is 10.8 Å². The van der Waals surface area contributed by atoms with Crippen molar-refractivity contribution in [3.8, 4) is 5.75 Å². The second-order valence-electron chi connectivity index (χ2n) is 5.82. The first-order valence-electron chi connectivity index (χ1n) is 7.86. The molecule has 0 radical (unpaired) electrons. The van der Waals surface area contributed by atoms with Crippen LogP contribution < -0.4 is 15.4 Å². The van der Waals surface area contributed by atoms with Crippen LogP contribution in [-0.4, -0.2) is 23.8 Å². The average Bonchev–Trinajstić information content (AvgIpc) is 2.62. The van der Waals surface area contributed by atoms with Crippen molar-refractivity contribution in [1.29, 1.82) is 0 Å². The van der Waals surface area contributed by atoms with E-state index in [-0.39, 0.29) is 28.8 Å². The highest BCUT2D eigenvalue weighted by Crippen LogP contribution is 2.28. The number of nitrogens with zero attached hydrogens (tertiary/aromatic N) is 1. The normalized spacial score (nSPS) is 10.3. The molecule has 0 fully saturated rings. The molecule has 8 nitrogen and oxygen atoms in total. The van der Waals surface area contributed by atoms with Gasteiger partial charge in [0.05, 0.1) is 12.0 Å². The van der Waals surface area contributed by atoms with Crippen LogP contribution in [0.15, 0.2) is 42.5 Å². The molecule has 0 bridgehead atoms. The number of carbonyl (C=O) groups excluding carboxylic acids is 2. The predicted octanol–water partition coefficient (Wildman–Crippen LogP) is 3.45. The lowest BCUT2D eigenvalue weighted by molar-refractivity contribution is -0.385. The van der Waals surface area contributed by atoms with Gasteiger partial charge in [0.15, 0.2) is 5.75 Å². The molecule has 0 aliphatic carbocycles. The molecule has 0 heterocycles. The van der Waals surface area contributed by atoms with Gasteiger partial charge in [-0.2, -0.15) is 0 Å². The van der Waals surface area contributed by atoms with Gasteiger partial charge in [0.1, 0.15) is 0 Å². The highest BCUT2D eigenvalue weighted by Gasteiger charge is 2.18. The van der Waals surface area contributed by atoms with Gasteiger partial charge >= 0.3 is 5.69 Å². The van der Waals surface area contributed by atoms with E-state index in [4.69, 9.17) is 4.74 Å². The minimum Gasteiger partial charge on any atom is -0.490 e. The van der Waals surface area contributed by atoms with Crippen LogP contribution in [0.4, 0.5) is 17.1 Å². The lowest BCUT2D eigenvalue weighted by atomic mass is 10.1. The number of carbonyl (C=O) groups is 2. The number of hydrogen-bond donors (Lipinski definition) is 2.